The van der Waals surface area contributed by atoms with E-state index < -0.39 is 0 Å². The summed E-state index contributed by atoms with van der Waals surface area (Å²) in [4.78, 5) is 4.30. The zero-order valence-corrected chi connectivity index (χ0v) is 8.79. The van der Waals surface area contributed by atoms with E-state index >= 15 is 0 Å². The van der Waals surface area contributed by atoms with Crippen LogP contribution >= 0.6 is 0 Å². The number of hydrogen-bond donors (Lipinski definition) is 2. The Balaban J connectivity index is 2.47. The first-order valence-corrected chi connectivity index (χ1v) is 4.84. The summed E-state index contributed by atoms with van der Waals surface area (Å²) in [6.07, 6.45) is 6.78. The Kier molecular flexibility index (Phi) is 4.88. The Labute approximate surface area is 89.8 Å². The van der Waals surface area contributed by atoms with Crippen molar-refractivity contribution < 1.29 is 4.42 Å². The monoisotopic (exact) mass is 205 g/mol. The van der Waals surface area contributed by atoms with E-state index in [0.717, 1.165) is 12.3 Å². The van der Waals surface area contributed by atoms with Crippen LogP contribution in [0.4, 0.5) is 0 Å². The fourth-order valence-electron chi connectivity index (χ4n) is 1.04. The number of guanidine groups is 1. The Hall–Kier alpha value is -1.89. The van der Waals surface area contributed by atoms with E-state index in [1.54, 1.807) is 6.26 Å². The Bertz CT molecular complexity index is 335. The number of nitrogens with zero attached hydrogens (tertiary/aromatic N) is 1. The molecule has 0 aromatic carbocycles. The van der Waals surface area contributed by atoms with Crippen LogP contribution in [-0.4, -0.2) is 19.0 Å². The highest BCUT2D eigenvalue weighted by Gasteiger charge is 1.96. The average molecular weight is 205 g/mol. The lowest BCUT2D eigenvalue weighted by atomic mass is 10.4. The number of aliphatic imine (C=N–C) groups is 1. The van der Waals surface area contributed by atoms with Crippen LogP contribution in [0.1, 0.15) is 12.7 Å². The summed E-state index contributed by atoms with van der Waals surface area (Å²) in [5.41, 5.74) is 0. The highest BCUT2D eigenvalue weighted by atomic mass is 16.3. The molecule has 0 radical (unpaired) electrons. The maximum absolute atomic E-state index is 5.16. The van der Waals surface area contributed by atoms with E-state index in [4.69, 9.17) is 10.8 Å². The summed E-state index contributed by atoms with van der Waals surface area (Å²) in [6, 6.07) is 3.72. The second-order valence-corrected chi connectivity index (χ2v) is 2.83. The van der Waals surface area contributed by atoms with E-state index in [0.29, 0.717) is 19.0 Å². The van der Waals surface area contributed by atoms with Crippen molar-refractivity contribution >= 4 is 5.96 Å². The predicted molar refractivity (Wildman–Crippen MR) is 60.4 cm³/mol. The maximum Gasteiger partial charge on any atom is 0.192 e. The number of furan rings is 1. The minimum absolute atomic E-state index is 0.462. The minimum Gasteiger partial charge on any atom is -0.467 e. The minimum atomic E-state index is 0.462. The van der Waals surface area contributed by atoms with Gasteiger partial charge in [-0.1, -0.05) is 5.92 Å². The molecule has 0 bridgehead atoms. The fourth-order valence-corrected chi connectivity index (χ4v) is 1.04. The summed E-state index contributed by atoms with van der Waals surface area (Å²) in [7, 11) is 0. The van der Waals surface area contributed by atoms with Crippen molar-refractivity contribution in [1.82, 2.24) is 10.6 Å². The molecule has 1 heterocycles. The third kappa shape index (κ3) is 4.23. The van der Waals surface area contributed by atoms with Crippen molar-refractivity contribution in [2.24, 2.45) is 4.99 Å². The van der Waals surface area contributed by atoms with E-state index in [1.807, 2.05) is 19.1 Å². The predicted octanol–water partition coefficient (Wildman–Crippen LogP) is 0.968. The third-order valence-electron chi connectivity index (χ3n) is 1.68. The molecule has 4 heteroatoms. The normalized spacial score (nSPS) is 10.8. The van der Waals surface area contributed by atoms with Crippen molar-refractivity contribution in [2.75, 3.05) is 13.1 Å². The zero-order valence-electron chi connectivity index (χ0n) is 8.79. The number of nitrogens with one attached hydrogen (secondary N) is 2. The molecule has 2 N–H and O–H groups in total. The van der Waals surface area contributed by atoms with Gasteiger partial charge in [-0.15, -0.1) is 6.42 Å². The van der Waals surface area contributed by atoms with Crippen LogP contribution in [0.25, 0.3) is 0 Å². The third-order valence-corrected chi connectivity index (χ3v) is 1.68. The smallest absolute Gasteiger partial charge is 0.192 e. The Morgan fingerprint density at radius 2 is 2.47 bits per heavy atom. The summed E-state index contributed by atoms with van der Waals surface area (Å²) in [5, 5.41) is 6.08. The van der Waals surface area contributed by atoms with Gasteiger partial charge in [-0.3, -0.25) is 0 Å². The van der Waals surface area contributed by atoms with Crippen LogP contribution in [0, 0.1) is 12.3 Å². The summed E-state index contributed by atoms with van der Waals surface area (Å²) in [5.74, 6) is 4.02. The van der Waals surface area contributed by atoms with Gasteiger partial charge in [0.05, 0.1) is 12.8 Å². The lowest BCUT2D eigenvalue weighted by Crippen LogP contribution is -2.37. The van der Waals surface area contributed by atoms with Gasteiger partial charge in [-0.2, -0.15) is 0 Å². The van der Waals surface area contributed by atoms with Gasteiger partial charge in [0.2, 0.25) is 0 Å². The summed E-state index contributed by atoms with van der Waals surface area (Å²) >= 11 is 0. The van der Waals surface area contributed by atoms with Gasteiger partial charge in [-0.05, 0) is 19.1 Å². The quantitative estimate of drug-likeness (QED) is 0.437. The van der Waals surface area contributed by atoms with Gasteiger partial charge in [0.1, 0.15) is 12.3 Å². The van der Waals surface area contributed by atoms with Gasteiger partial charge in [-0.25, -0.2) is 4.99 Å². The van der Waals surface area contributed by atoms with Crippen molar-refractivity contribution in [3.63, 3.8) is 0 Å². The molecule has 0 saturated carbocycles. The first-order valence-electron chi connectivity index (χ1n) is 4.84. The van der Waals surface area contributed by atoms with Crippen LogP contribution in [0.3, 0.4) is 0 Å². The molecule has 1 aromatic rings. The molecule has 0 aliphatic heterocycles. The van der Waals surface area contributed by atoms with Crippen LogP contribution in [0.5, 0.6) is 0 Å². The van der Waals surface area contributed by atoms with Crippen LogP contribution in [0.15, 0.2) is 27.8 Å². The molecule has 1 rings (SSSR count). The molecule has 15 heavy (non-hydrogen) atoms. The number of rotatable bonds is 4. The van der Waals surface area contributed by atoms with Crippen molar-refractivity contribution in [1.29, 1.82) is 0 Å². The average Bonchev–Trinajstić information content (AvgIpc) is 2.75. The standard InChI is InChI=1S/C11H15N3O/c1-3-7-13-11(12-4-2)14-9-10-6-5-8-15-10/h1,5-6,8H,4,7,9H2,2H3,(H2,12,13,14). The first kappa shape index (κ1) is 11.2. The van der Waals surface area contributed by atoms with Crippen LogP contribution in [0.2, 0.25) is 0 Å². The van der Waals surface area contributed by atoms with Crippen molar-refractivity contribution in [3.8, 4) is 12.3 Å². The molecule has 0 amide bonds. The largest absolute Gasteiger partial charge is 0.467 e. The van der Waals surface area contributed by atoms with Crippen LogP contribution < -0.4 is 10.6 Å². The van der Waals surface area contributed by atoms with Gasteiger partial charge in [0, 0.05) is 6.54 Å². The second kappa shape index (κ2) is 6.55. The number of hydrogen-bond acceptors (Lipinski definition) is 2. The maximum atomic E-state index is 5.16. The van der Waals surface area contributed by atoms with E-state index in [1.165, 1.54) is 0 Å². The molecule has 1 aromatic heterocycles. The Morgan fingerprint density at radius 1 is 1.60 bits per heavy atom. The molecule has 80 valence electrons. The second-order valence-electron chi connectivity index (χ2n) is 2.83. The summed E-state index contributed by atoms with van der Waals surface area (Å²) < 4.78 is 5.16. The molecule has 0 unspecified atom stereocenters. The fraction of sp³-hybridized carbons (Fsp3) is 0.364. The van der Waals surface area contributed by atoms with Gasteiger partial charge in [0.25, 0.3) is 0 Å². The zero-order chi connectivity index (χ0) is 10.9. The lowest BCUT2D eigenvalue weighted by Gasteiger charge is -2.07. The molecule has 0 saturated heterocycles. The van der Waals surface area contributed by atoms with Crippen LogP contribution in [-0.2, 0) is 6.54 Å². The highest BCUT2D eigenvalue weighted by molar-refractivity contribution is 5.79. The number of terminal acetylenes is 1. The van der Waals surface area contributed by atoms with E-state index in [-0.39, 0.29) is 0 Å². The first-order chi connectivity index (χ1) is 7.36. The van der Waals surface area contributed by atoms with E-state index in [2.05, 4.69) is 21.5 Å². The van der Waals surface area contributed by atoms with Gasteiger partial charge in [0.15, 0.2) is 5.96 Å². The van der Waals surface area contributed by atoms with Crippen molar-refractivity contribution in [2.45, 2.75) is 13.5 Å². The molecule has 0 aliphatic rings. The molecule has 0 spiro atoms. The molecule has 4 nitrogen and oxygen atoms in total. The topological polar surface area (TPSA) is 49.6 Å². The molecule has 0 fully saturated rings. The van der Waals surface area contributed by atoms with Gasteiger partial charge < -0.3 is 15.1 Å². The lowest BCUT2D eigenvalue weighted by molar-refractivity contribution is 0.512. The highest BCUT2D eigenvalue weighted by Crippen LogP contribution is 2.00. The van der Waals surface area contributed by atoms with Crippen molar-refractivity contribution in [3.05, 3.63) is 24.2 Å². The SMILES string of the molecule is C#CCNC(=NCc1ccco1)NCC. The van der Waals surface area contributed by atoms with Gasteiger partial charge >= 0.3 is 0 Å². The molecule has 0 atom stereocenters. The molecular weight excluding hydrogens is 190 g/mol. The molecular formula is C11H15N3O. The Morgan fingerprint density at radius 3 is 3.07 bits per heavy atom. The molecule has 0 aliphatic carbocycles. The van der Waals surface area contributed by atoms with E-state index in [9.17, 15) is 0 Å². The summed E-state index contributed by atoms with van der Waals surface area (Å²) in [6.45, 7) is 3.77.